The van der Waals surface area contributed by atoms with Crippen LogP contribution in [0.15, 0.2) is 58.4 Å². The maximum atomic E-state index is 13.2. The Morgan fingerprint density at radius 2 is 1.82 bits per heavy atom. The number of rotatable bonds is 7. The Labute approximate surface area is 231 Å². The summed E-state index contributed by atoms with van der Waals surface area (Å²) in [5, 5.41) is 10.8. The number of thiazole rings is 1. The number of aromatic nitrogens is 1. The van der Waals surface area contributed by atoms with E-state index in [-0.39, 0.29) is 5.75 Å². The third-order valence-electron chi connectivity index (χ3n) is 6.30. The van der Waals surface area contributed by atoms with Crippen molar-refractivity contribution >= 4 is 52.5 Å². The highest BCUT2D eigenvalue weighted by Crippen LogP contribution is 2.52. The first kappa shape index (κ1) is 27.5. The zero-order valence-electron chi connectivity index (χ0n) is 20.1. The standard InChI is InChI=1S/C25H18F3N3O7S2/c26-25(27,28)13-6-1-2-7-14(13)29-15(32)10-38-12-5-3-4-11(8-12)17-18-20(39-21-19(17)40-24(37)30-21)23(36)31(22(18)35)9-16(33)34/h1-8,17-18,20H,9-10H2,(H,29,32)(H,30,37)(H,33,34)/t17-,18?,20?/m0/s1. The Hall–Kier alpha value is -4.11. The minimum atomic E-state index is -4.67. The number of para-hydroxylation sites is 1. The van der Waals surface area contributed by atoms with Gasteiger partial charge in [-0.1, -0.05) is 47.4 Å². The molecule has 5 rings (SSSR count). The van der Waals surface area contributed by atoms with E-state index in [9.17, 15) is 42.3 Å². The number of carbonyl (C=O) groups is 4. The summed E-state index contributed by atoms with van der Waals surface area (Å²) in [4.78, 5) is 65.5. The molecule has 3 atom stereocenters. The molecule has 2 aliphatic rings. The first-order valence-electron chi connectivity index (χ1n) is 11.6. The van der Waals surface area contributed by atoms with Gasteiger partial charge >= 0.3 is 17.0 Å². The van der Waals surface area contributed by atoms with Gasteiger partial charge in [0.05, 0.1) is 22.2 Å². The molecular formula is C25H18F3N3O7S2. The number of fused-ring (bicyclic) bond motifs is 2. The third-order valence-corrected chi connectivity index (χ3v) is 8.70. The first-order chi connectivity index (χ1) is 18.9. The summed E-state index contributed by atoms with van der Waals surface area (Å²) in [6.07, 6.45) is -4.67. The van der Waals surface area contributed by atoms with E-state index in [0.29, 0.717) is 20.4 Å². The van der Waals surface area contributed by atoms with E-state index in [0.717, 1.165) is 35.2 Å². The fourth-order valence-corrected chi connectivity index (χ4v) is 7.23. The number of carbonyl (C=O) groups excluding carboxylic acids is 3. The molecule has 0 saturated carbocycles. The molecule has 0 bridgehead atoms. The lowest BCUT2D eigenvalue weighted by Gasteiger charge is -2.30. The number of H-pyrrole nitrogens is 1. The first-order valence-corrected chi connectivity index (χ1v) is 13.3. The van der Waals surface area contributed by atoms with Crippen molar-refractivity contribution in [2.75, 3.05) is 18.5 Å². The fraction of sp³-hybridized carbons (Fsp3) is 0.240. The van der Waals surface area contributed by atoms with Crippen molar-refractivity contribution in [3.05, 3.63) is 74.2 Å². The third kappa shape index (κ3) is 5.21. The number of ether oxygens (including phenoxy) is 1. The second-order valence-electron chi connectivity index (χ2n) is 8.86. The van der Waals surface area contributed by atoms with Crippen LogP contribution < -0.4 is 14.9 Å². The van der Waals surface area contributed by atoms with Crippen molar-refractivity contribution in [1.29, 1.82) is 0 Å². The molecule has 2 unspecified atom stereocenters. The summed E-state index contributed by atoms with van der Waals surface area (Å²) in [5.41, 5.74) is -0.970. The molecule has 2 aliphatic heterocycles. The van der Waals surface area contributed by atoms with Crippen molar-refractivity contribution in [1.82, 2.24) is 9.88 Å². The van der Waals surface area contributed by atoms with Crippen molar-refractivity contribution in [3.8, 4) is 5.75 Å². The normalized spacial score (nSPS) is 20.2. The van der Waals surface area contributed by atoms with Crippen molar-refractivity contribution in [3.63, 3.8) is 0 Å². The number of aliphatic carboxylic acids is 1. The van der Waals surface area contributed by atoms with Crippen LogP contribution in [-0.4, -0.2) is 57.1 Å². The number of aromatic amines is 1. The number of hydrogen-bond donors (Lipinski definition) is 3. The number of carboxylic acids is 1. The van der Waals surface area contributed by atoms with Gasteiger partial charge in [0, 0.05) is 10.8 Å². The number of likely N-dealkylation sites (tertiary alicyclic amines) is 1. The van der Waals surface area contributed by atoms with Gasteiger partial charge in [-0.05, 0) is 29.8 Å². The molecule has 1 fully saturated rings. The molecule has 15 heteroatoms. The zero-order valence-corrected chi connectivity index (χ0v) is 21.7. The van der Waals surface area contributed by atoms with Crippen LogP contribution in [-0.2, 0) is 25.4 Å². The summed E-state index contributed by atoms with van der Waals surface area (Å²) < 4.78 is 45.2. The molecule has 2 aromatic carbocycles. The maximum Gasteiger partial charge on any atom is 0.418 e. The van der Waals surface area contributed by atoms with E-state index < -0.39 is 76.2 Å². The number of halogens is 3. The number of anilines is 1. The lowest BCUT2D eigenvalue weighted by atomic mass is 9.83. The molecule has 1 aromatic heterocycles. The van der Waals surface area contributed by atoms with Crippen LogP contribution in [0.25, 0.3) is 0 Å². The minimum absolute atomic E-state index is 0.148. The lowest BCUT2D eigenvalue weighted by molar-refractivity contribution is -0.149. The lowest BCUT2D eigenvalue weighted by Crippen LogP contribution is -2.36. The number of benzene rings is 2. The molecule has 208 valence electrons. The Morgan fingerprint density at radius 3 is 2.55 bits per heavy atom. The van der Waals surface area contributed by atoms with E-state index in [2.05, 4.69) is 10.3 Å². The second-order valence-corrected chi connectivity index (χ2v) is 11.0. The van der Waals surface area contributed by atoms with Gasteiger partial charge in [-0.25, -0.2) is 0 Å². The van der Waals surface area contributed by atoms with E-state index >= 15 is 0 Å². The Bertz CT molecular complexity index is 1590. The summed E-state index contributed by atoms with van der Waals surface area (Å²) in [6.45, 7) is -1.42. The summed E-state index contributed by atoms with van der Waals surface area (Å²) in [7, 11) is 0. The summed E-state index contributed by atoms with van der Waals surface area (Å²) >= 11 is 1.86. The maximum absolute atomic E-state index is 13.2. The van der Waals surface area contributed by atoms with Gasteiger partial charge in [0.25, 0.3) is 5.91 Å². The molecular weight excluding hydrogens is 575 g/mol. The van der Waals surface area contributed by atoms with Crippen LogP contribution in [0.3, 0.4) is 0 Å². The van der Waals surface area contributed by atoms with Gasteiger partial charge < -0.3 is 20.1 Å². The topological polar surface area (TPSA) is 146 Å². The number of nitrogens with zero attached hydrogens (tertiary/aromatic N) is 1. The molecule has 1 saturated heterocycles. The molecule has 3 heterocycles. The van der Waals surface area contributed by atoms with Crippen LogP contribution in [0.2, 0.25) is 0 Å². The number of hydrogen-bond acceptors (Lipinski definition) is 8. The monoisotopic (exact) mass is 593 g/mol. The molecule has 40 heavy (non-hydrogen) atoms. The number of nitrogens with one attached hydrogen (secondary N) is 2. The van der Waals surface area contributed by atoms with Crippen LogP contribution in [0.4, 0.5) is 18.9 Å². The fourth-order valence-electron chi connectivity index (χ4n) is 4.70. The molecule has 0 radical (unpaired) electrons. The Balaban J connectivity index is 1.39. The van der Waals surface area contributed by atoms with Crippen LogP contribution >= 0.6 is 23.1 Å². The van der Waals surface area contributed by atoms with E-state index in [1.54, 1.807) is 12.1 Å². The largest absolute Gasteiger partial charge is 0.484 e. The number of amides is 3. The van der Waals surface area contributed by atoms with Crippen molar-refractivity contribution < 1.29 is 42.2 Å². The van der Waals surface area contributed by atoms with Crippen LogP contribution in [0.5, 0.6) is 5.75 Å². The highest BCUT2D eigenvalue weighted by Gasteiger charge is 2.56. The van der Waals surface area contributed by atoms with E-state index in [1.165, 1.54) is 24.3 Å². The average Bonchev–Trinajstić information content (AvgIpc) is 3.37. The van der Waals surface area contributed by atoms with Gasteiger partial charge in [-0.3, -0.25) is 28.9 Å². The quantitative estimate of drug-likeness (QED) is 0.354. The highest BCUT2D eigenvalue weighted by atomic mass is 32.2. The van der Waals surface area contributed by atoms with Gasteiger partial charge in [-0.2, -0.15) is 13.2 Å². The molecule has 10 nitrogen and oxygen atoms in total. The SMILES string of the molecule is O=C(O)CN1C(=O)C2Sc3[nH]c(=O)sc3[C@@H](c3cccc(OCC(=O)Nc4ccccc4C(F)(F)F)c3)C2C1=O. The molecule has 0 aliphatic carbocycles. The van der Waals surface area contributed by atoms with Crippen LogP contribution in [0.1, 0.15) is 21.9 Å². The number of alkyl halides is 3. The highest BCUT2D eigenvalue weighted by molar-refractivity contribution is 8.00. The van der Waals surface area contributed by atoms with Gasteiger partial charge in [0.15, 0.2) is 6.61 Å². The van der Waals surface area contributed by atoms with Gasteiger partial charge in [-0.15, -0.1) is 0 Å². The van der Waals surface area contributed by atoms with E-state index in [4.69, 9.17) is 4.74 Å². The predicted octanol–water partition coefficient (Wildman–Crippen LogP) is 3.15. The average molecular weight is 594 g/mol. The number of imide groups is 1. The van der Waals surface area contributed by atoms with Crippen molar-refractivity contribution in [2.24, 2.45) is 5.92 Å². The van der Waals surface area contributed by atoms with Gasteiger partial charge in [0.1, 0.15) is 17.5 Å². The Kier molecular flexibility index (Phi) is 7.18. The molecule has 3 N–H and O–H groups in total. The number of thioether (sulfide) groups is 1. The summed E-state index contributed by atoms with van der Waals surface area (Å²) in [5.74, 6) is -5.19. The van der Waals surface area contributed by atoms with Gasteiger partial charge in [0.2, 0.25) is 11.8 Å². The van der Waals surface area contributed by atoms with Crippen LogP contribution in [0, 0.1) is 5.92 Å². The summed E-state index contributed by atoms with van der Waals surface area (Å²) in [6, 6.07) is 10.7. The molecule has 3 aromatic rings. The van der Waals surface area contributed by atoms with E-state index in [1.807, 2.05) is 0 Å². The van der Waals surface area contributed by atoms with Crippen molar-refractivity contribution in [2.45, 2.75) is 22.4 Å². The number of carboxylic acid groups (broad SMARTS) is 1. The molecule has 0 spiro atoms. The minimum Gasteiger partial charge on any atom is -0.484 e. The zero-order chi connectivity index (χ0) is 28.8. The molecule has 3 amide bonds. The predicted molar refractivity (Wildman–Crippen MR) is 136 cm³/mol. The Morgan fingerprint density at radius 1 is 1.07 bits per heavy atom. The smallest absolute Gasteiger partial charge is 0.418 e. The second kappa shape index (κ2) is 10.5.